The first kappa shape index (κ1) is 21.4. The molecule has 1 heterocycles. The summed E-state index contributed by atoms with van der Waals surface area (Å²) in [5.41, 5.74) is 2.62. The molecule has 1 aliphatic heterocycles. The minimum absolute atomic E-state index is 0.360. The highest BCUT2D eigenvalue weighted by Crippen LogP contribution is 2.28. The molecule has 0 unspecified atom stereocenters. The average Bonchev–Trinajstić information content (AvgIpc) is 2.80. The smallest absolute Gasteiger partial charge is 0.313 e. The lowest BCUT2D eigenvalue weighted by Gasteiger charge is -2.28. The van der Waals surface area contributed by atoms with E-state index in [9.17, 15) is 9.59 Å². The number of anilines is 2. The zero-order valence-corrected chi connectivity index (χ0v) is 17.3. The quantitative estimate of drug-likeness (QED) is 0.674. The average molecular weight is 413 g/mol. The van der Waals surface area contributed by atoms with Gasteiger partial charge < -0.3 is 29.7 Å². The second-order valence-corrected chi connectivity index (χ2v) is 6.79. The van der Waals surface area contributed by atoms with Crippen molar-refractivity contribution in [3.8, 4) is 11.5 Å². The summed E-state index contributed by atoms with van der Waals surface area (Å²) in [5, 5.41) is 5.20. The molecule has 8 nitrogen and oxygen atoms in total. The van der Waals surface area contributed by atoms with Crippen molar-refractivity contribution in [2.45, 2.75) is 6.42 Å². The van der Waals surface area contributed by atoms with Crippen LogP contribution in [0.3, 0.4) is 0 Å². The lowest BCUT2D eigenvalue weighted by molar-refractivity contribution is -0.136. The van der Waals surface area contributed by atoms with Gasteiger partial charge in [0, 0.05) is 31.4 Å². The van der Waals surface area contributed by atoms with Gasteiger partial charge in [0.2, 0.25) is 0 Å². The Hall–Kier alpha value is -3.26. The summed E-state index contributed by atoms with van der Waals surface area (Å²) in [7, 11) is 3.01. The summed E-state index contributed by atoms with van der Waals surface area (Å²) in [4.78, 5) is 26.6. The maximum Gasteiger partial charge on any atom is 0.313 e. The summed E-state index contributed by atoms with van der Waals surface area (Å²) < 4.78 is 15.7. The van der Waals surface area contributed by atoms with Crippen molar-refractivity contribution in [1.82, 2.24) is 5.32 Å². The van der Waals surface area contributed by atoms with E-state index in [1.54, 1.807) is 18.2 Å². The lowest BCUT2D eigenvalue weighted by atomic mass is 10.1. The number of ether oxygens (including phenoxy) is 3. The highest BCUT2D eigenvalue weighted by Gasteiger charge is 2.16. The number of amides is 2. The van der Waals surface area contributed by atoms with Gasteiger partial charge in [-0.2, -0.15) is 0 Å². The first-order chi connectivity index (χ1) is 14.6. The molecule has 30 heavy (non-hydrogen) atoms. The third-order valence-corrected chi connectivity index (χ3v) is 4.87. The van der Waals surface area contributed by atoms with Crippen LogP contribution in [-0.2, 0) is 20.7 Å². The van der Waals surface area contributed by atoms with Crippen LogP contribution in [0.1, 0.15) is 5.56 Å². The zero-order chi connectivity index (χ0) is 21.3. The monoisotopic (exact) mass is 413 g/mol. The molecular formula is C22H27N3O5. The minimum Gasteiger partial charge on any atom is -0.497 e. The molecule has 2 amide bonds. The van der Waals surface area contributed by atoms with Crippen molar-refractivity contribution in [2.75, 3.05) is 57.3 Å². The van der Waals surface area contributed by atoms with E-state index in [4.69, 9.17) is 14.2 Å². The van der Waals surface area contributed by atoms with Gasteiger partial charge in [-0.1, -0.05) is 12.1 Å². The van der Waals surface area contributed by atoms with Gasteiger partial charge in [0.1, 0.15) is 11.5 Å². The standard InChI is InChI=1S/C22H27N3O5/c1-28-18-7-8-20(29-2)19(15-18)24-22(27)21(26)23-10-9-16-3-5-17(6-4-16)25-11-13-30-14-12-25/h3-8,15H,9-14H2,1-2H3,(H,23,26)(H,24,27). The molecule has 160 valence electrons. The molecule has 1 aliphatic rings. The van der Waals surface area contributed by atoms with Crippen LogP contribution in [0.15, 0.2) is 42.5 Å². The molecule has 2 aromatic carbocycles. The number of hydrogen-bond donors (Lipinski definition) is 2. The Bertz CT molecular complexity index is 864. The molecule has 0 atom stereocenters. The summed E-state index contributed by atoms with van der Waals surface area (Å²) in [6.45, 7) is 3.64. The molecule has 0 aliphatic carbocycles. The largest absolute Gasteiger partial charge is 0.497 e. The van der Waals surface area contributed by atoms with E-state index in [2.05, 4.69) is 27.7 Å². The number of hydrogen-bond acceptors (Lipinski definition) is 6. The van der Waals surface area contributed by atoms with Crippen LogP contribution in [0.25, 0.3) is 0 Å². The van der Waals surface area contributed by atoms with Crippen LogP contribution in [0.4, 0.5) is 11.4 Å². The topological polar surface area (TPSA) is 89.1 Å². The van der Waals surface area contributed by atoms with Gasteiger partial charge in [0.25, 0.3) is 0 Å². The molecular weight excluding hydrogens is 386 g/mol. The third-order valence-electron chi connectivity index (χ3n) is 4.87. The minimum atomic E-state index is -0.760. The molecule has 0 bridgehead atoms. The van der Waals surface area contributed by atoms with Crippen LogP contribution in [0, 0.1) is 0 Å². The summed E-state index contributed by atoms with van der Waals surface area (Å²) in [5.74, 6) is -0.474. The van der Waals surface area contributed by atoms with Crippen molar-refractivity contribution in [3.63, 3.8) is 0 Å². The molecule has 0 saturated carbocycles. The first-order valence-electron chi connectivity index (χ1n) is 9.83. The zero-order valence-electron chi connectivity index (χ0n) is 17.3. The summed E-state index contributed by atoms with van der Waals surface area (Å²) in [6, 6.07) is 13.2. The predicted molar refractivity (Wildman–Crippen MR) is 114 cm³/mol. The van der Waals surface area contributed by atoms with Crippen molar-refractivity contribution >= 4 is 23.2 Å². The molecule has 1 saturated heterocycles. The highest BCUT2D eigenvalue weighted by molar-refractivity contribution is 6.39. The molecule has 3 rings (SSSR count). The Labute approximate surface area is 176 Å². The predicted octanol–water partition coefficient (Wildman–Crippen LogP) is 1.84. The number of rotatable bonds is 7. The molecule has 0 aromatic heterocycles. The fraction of sp³-hybridized carbons (Fsp3) is 0.364. The highest BCUT2D eigenvalue weighted by atomic mass is 16.5. The summed E-state index contributed by atoms with van der Waals surface area (Å²) >= 11 is 0. The number of morpholine rings is 1. The first-order valence-corrected chi connectivity index (χ1v) is 9.83. The molecule has 2 N–H and O–H groups in total. The Balaban J connectivity index is 1.48. The maximum absolute atomic E-state index is 12.2. The molecule has 0 spiro atoms. The Kier molecular flexibility index (Phi) is 7.51. The van der Waals surface area contributed by atoms with E-state index in [0.29, 0.717) is 30.2 Å². The van der Waals surface area contributed by atoms with Gasteiger partial charge in [-0.3, -0.25) is 9.59 Å². The van der Waals surface area contributed by atoms with E-state index in [1.807, 2.05) is 12.1 Å². The van der Waals surface area contributed by atoms with Crippen molar-refractivity contribution in [2.24, 2.45) is 0 Å². The van der Waals surface area contributed by atoms with Gasteiger partial charge in [-0.15, -0.1) is 0 Å². The molecule has 1 fully saturated rings. The van der Waals surface area contributed by atoms with E-state index in [1.165, 1.54) is 14.2 Å². The van der Waals surface area contributed by atoms with Crippen LogP contribution >= 0.6 is 0 Å². The number of nitrogens with one attached hydrogen (secondary N) is 2. The van der Waals surface area contributed by atoms with Gasteiger partial charge in [0.15, 0.2) is 0 Å². The van der Waals surface area contributed by atoms with Gasteiger partial charge in [-0.25, -0.2) is 0 Å². The number of benzene rings is 2. The SMILES string of the molecule is COc1ccc(OC)c(NC(=O)C(=O)NCCc2ccc(N3CCOCC3)cc2)c1. The Morgan fingerprint density at radius 1 is 1.00 bits per heavy atom. The van der Waals surface area contributed by atoms with Crippen LogP contribution < -0.4 is 25.0 Å². The van der Waals surface area contributed by atoms with Gasteiger partial charge >= 0.3 is 11.8 Å². The van der Waals surface area contributed by atoms with Crippen molar-refractivity contribution in [3.05, 3.63) is 48.0 Å². The molecule has 0 radical (unpaired) electrons. The normalized spacial score (nSPS) is 13.5. The second-order valence-electron chi connectivity index (χ2n) is 6.79. The van der Waals surface area contributed by atoms with Crippen molar-refractivity contribution < 1.29 is 23.8 Å². The van der Waals surface area contributed by atoms with Crippen LogP contribution in [0.2, 0.25) is 0 Å². The van der Waals surface area contributed by atoms with Gasteiger partial charge in [-0.05, 0) is 36.2 Å². The fourth-order valence-electron chi connectivity index (χ4n) is 3.19. The number of carbonyl (C=O) groups is 2. The third kappa shape index (κ3) is 5.64. The second kappa shape index (κ2) is 10.5. The van der Waals surface area contributed by atoms with E-state index >= 15 is 0 Å². The maximum atomic E-state index is 12.2. The Morgan fingerprint density at radius 3 is 2.40 bits per heavy atom. The molecule has 2 aromatic rings. The fourth-order valence-corrected chi connectivity index (χ4v) is 3.19. The van der Waals surface area contributed by atoms with Crippen LogP contribution in [0.5, 0.6) is 11.5 Å². The van der Waals surface area contributed by atoms with E-state index in [-0.39, 0.29) is 0 Å². The number of methoxy groups -OCH3 is 2. The summed E-state index contributed by atoms with van der Waals surface area (Å²) in [6.07, 6.45) is 0.630. The number of carbonyl (C=O) groups excluding carboxylic acids is 2. The van der Waals surface area contributed by atoms with Gasteiger partial charge in [0.05, 0.1) is 33.1 Å². The Morgan fingerprint density at radius 2 is 1.73 bits per heavy atom. The number of nitrogens with zero attached hydrogens (tertiary/aromatic N) is 1. The van der Waals surface area contributed by atoms with E-state index in [0.717, 1.165) is 37.6 Å². The molecule has 8 heteroatoms. The lowest BCUT2D eigenvalue weighted by Crippen LogP contribution is -2.36. The van der Waals surface area contributed by atoms with E-state index < -0.39 is 11.8 Å². The van der Waals surface area contributed by atoms with Crippen molar-refractivity contribution in [1.29, 1.82) is 0 Å². The van der Waals surface area contributed by atoms with Crippen LogP contribution in [-0.4, -0.2) is 58.9 Å².